The molecule has 5 nitrogen and oxygen atoms in total. The van der Waals surface area contributed by atoms with Crippen LogP contribution in [-0.2, 0) is 10.0 Å². The van der Waals surface area contributed by atoms with Gasteiger partial charge in [0.1, 0.15) is 0 Å². The van der Waals surface area contributed by atoms with Gasteiger partial charge in [0.05, 0.1) is 16.9 Å². The fourth-order valence-corrected chi connectivity index (χ4v) is 2.73. The second kappa shape index (κ2) is 5.80. The Morgan fingerprint density at radius 1 is 1.35 bits per heavy atom. The second-order valence-electron chi connectivity index (χ2n) is 4.05. The highest BCUT2D eigenvalue weighted by Crippen LogP contribution is 2.20. The lowest BCUT2D eigenvalue weighted by molar-refractivity contribution is -0.132. The molecular formula is C11H12F3NO4S. The third-order valence-corrected chi connectivity index (χ3v) is 4.03. The van der Waals surface area contributed by atoms with Crippen molar-refractivity contribution in [3.05, 3.63) is 29.3 Å². The van der Waals surface area contributed by atoms with Crippen LogP contribution in [0.1, 0.15) is 22.3 Å². The van der Waals surface area contributed by atoms with E-state index in [2.05, 4.69) is 0 Å². The van der Waals surface area contributed by atoms with Gasteiger partial charge in [0.25, 0.3) is 0 Å². The SMILES string of the molecule is Cc1ccc(C(=O)O)cc1S(=O)(=O)NCCC(F)(F)F. The van der Waals surface area contributed by atoms with E-state index in [0.29, 0.717) is 0 Å². The minimum Gasteiger partial charge on any atom is -0.478 e. The number of aromatic carboxylic acids is 1. The summed E-state index contributed by atoms with van der Waals surface area (Å²) in [4.78, 5) is 10.4. The van der Waals surface area contributed by atoms with E-state index in [9.17, 15) is 26.4 Å². The molecule has 1 rings (SSSR count). The number of hydrogen-bond donors (Lipinski definition) is 2. The van der Waals surface area contributed by atoms with E-state index in [4.69, 9.17) is 5.11 Å². The van der Waals surface area contributed by atoms with Gasteiger partial charge >= 0.3 is 12.1 Å². The summed E-state index contributed by atoms with van der Waals surface area (Å²) in [5.41, 5.74) is -0.0127. The van der Waals surface area contributed by atoms with Gasteiger partial charge in [-0.05, 0) is 24.6 Å². The molecule has 0 spiro atoms. The van der Waals surface area contributed by atoms with E-state index in [0.717, 1.165) is 6.07 Å². The van der Waals surface area contributed by atoms with Crippen molar-refractivity contribution in [1.82, 2.24) is 4.72 Å². The average molecular weight is 311 g/mol. The minimum atomic E-state index is -4.47. The fourth-order valence-electron chi connectivity index (χ4n) is 1.43. The Morgan fingerprint density at radius 3 is 2.45 bits per heavy atom. The molecule has 0 atom stereocenters. The molecule has 0 bridgehead atoms. The molecule has 0 aliphatic carbocycles. The number of hydrogen-bond acceptors (Lipinski definition) is 3. The molecule has 0 saturated heterocycles. The van der Waals surface area contributed by atoms with Gasteiger partial charge in [-0.15, -0.1) is 0 Å². The molecular weight excluding hydrogens is 299 g/mol. The molecule has 112 valence electrons. The highest BCUT2D eigenvalue weighted by Gasteiger charge is 2.28. The summed E-state index contributed by atoms with van der Waals surface area (Å²) >= 11 is 0. The fraction of sp³-hybridized carbons (Fsp3) is 0.364. The number of carboxylic acid groups (broad SMARTS) is 1. The molecule has 0 fully saturated rings. The van der Waals surface area contributed by atoms with Gasteiger partial charge in [-0.1, -0.05) is 6.07 Å². The van der Waals surface area contributed by atoms with Gasteiger partial charge in [-0.25, -0.2) is 17.9 Å². The van der Waals surface area contributed by atoms with Crippen molar-refractivity contribution in [2.45, 2.75) is 24.4 Å². The summed E-state index contributed by atoms with van der Waals surface area (Å²) in [5, 5.41) is 8.78. The minimum absolute atomic E-state index is 0.245. The molecule has 1 aromatic rings. The third kappa shape index (κ3) is 4.49. The molecule has 0 amide bonds. The molecule has 0 heterocycles. The molecule has 0 aliphatic rings. The predicted molar refractivity (Wildman–Crippen MR) is 64.0 cm³/mol. The van der Waals surface area contributed by atoms with Crippen molar-refractivity contribution in [2.75, 3.05) is 6.54 Å². The summed E-state index contributed by atoms with van der Waals surface area (Å²) in [7, 11) is -4.18. The topological polar surface area (TPSA) is 83.5 Å². The van der Waals surface area contributed by atoms with Crippen molar-refractivity contribution >= 4 is 16.0 Å². The first-order chi connectivity index (χ1) is 9.03. The molecule has 9 heteroatoms. The number of carbonyl (C=O) groups is 1. The molecule has 2 N–H and O–H groups in total. The van der Waals surface area contributed by atoms with Crippen LogP contribution >= 0.6 is 0 Å². The average Bonchev–Trinajstić information content (AvgIpc) is 2.26. The Labute approximate surface area is 113 Å². The first-order valence-electron chi connectivity index (χ1n) is 5.43. The van der Waals surface area contributed by atoms with Crippen LogP contribution in [-0.4, -0.2) is 32.2 Å². The normalized spacial score (nSPS) is 12.4. The number of alkyl halides is 3. The molecule has 0 radical (unpaired) electrons. The first-order valence-corrected chi connectivity index (χ1v) is 6.91. The Balaban J connectivity index is 2.97. The predicted octanol–water partition coefficient (Wildman–Crippen LogP) is 1.92. The van der Waals surface area contributed by atoms with Crippen molar-refractivity contribution in [1.29, 1.82) is 0 Å². The summed E-state index contributed by atoms with van der Waals surface area (Å²) in [5.74, 6) is -1.32. The zero-order valence-corrected chi connectivity index (χ0v) is 11.2. The smallest absolute Gasteiger partial charge is 0.390 e. The number of nitrogens with one attached hydrogen (secondary N) is 1. The van der Waals surface area contributed by atoms with Crippen LogP contribution in [0.2, 0.25) is 0 Å². The van der Waals surface area contributed by atoms with Crippen LogP contribution in [0, 0.1) is 6.92 Å². The Bertz CT molecular complexity index is 611. The standard InChI is InChI=1S/C11H12F3NO4S/c1-7-2-3-8(10(16)17)6-9(7)20(18,19)15-5-4-11(12,13)14/h2-3,6,15H,4-5H2,1H3,(H,16,17). The van der Waals surface area contributed by atoms with Gasteiger partial charge < -0.3 is 5.11 Å². The highest BCUT2D eigenvalue weighted by atomic mass is 32.2. The first kappa shape index (κ1) is 16.4. The summed E-state index contributed by atoms with van der Waals surface area (Å²) < 4.78 is 61.4. The van der Waals surface area contributed by atoms with Gasteiger partial charge in [0, 0.05) is 6.54 Å². The quantitative estimate of drug-likeness (QED) is 0.870. The van der Waals surface area contributed by atoms with Crippen molar-refractivity contribution in [2.24, 2.45) is 0 Å². The number of benzene rings is 1. The maximum atomic E-state index is 12.0. The van der Waals surface area contributed by atoms with Gasteiger partial charge in [0.2, 0.25) is 10.0 Å². The zero-order chi connectivity index (χ0) is 15.6. The Kier molecular flexibility index (Phi) is 4.77. The Morgan fingerprint density at radius 2 is 1.95 bits per heavy atom. The van der Waals surface area contributed by atoms with Crippen LogP contribution in [0.5, 0.6) is 0 Å². The maximum absolute atomic E-state index is 12.0. The Hall–Kier alpha value is -1.61. The summed E-state index contributed by atoms with van der Waals surface area (Å²) in [6.45, 7) is 0.618. The van der Waals surface area contributed by atoms with Crippen LogP contribution in [0.25, 0.3) is 0 Å². The molecule has 0 aliphatic heterocycles. The van der Waals surface area contributed by atoms with E-state index in [1.54, 1.807) is 4.72 Å². The van der Waals surface area contributed by atoms with E-state index in [1.165, 1.54) is 19.1 Å². The van der Waals surface area contributed by atoms with Crippen LogP contribution in [0.15, 0.2) is 23.1 Å². The molecule has 1 aromatic carbocycles. The van der Waals surface area contributed by atoms with Crippen LogP contribution in [0.3, 0.4) is 0 Å². The van der Waals surface area contributed by atoms with Crippen molar-refractivity contribution in [3.8, 4) is 0 Å². The number of carboxylic acids is 1. The number of aryl methyl sites for hydroxylation is 1. The van der Waals surface area contributed by atoms with E-state index < -0.39 is 35.1 Å². The molecule has 0 aromatic heterocycles. The van der Waals surface area contributed by atoms with Gasteiger partial charge in [-0.3, -0.25) is 0 Å². The third-order valence-electron chi connectivity index (χ3n) is 2.43. The maximum Gasteiger partial charge on any atom is 0.390 e. The lowest BCUT2D eigenvalue weighted by atomic mass is 10.1. The summed E-state index contributed by atoms with van der Waals surface area (Å²) in [6, 6.07) is 3.40. The van der Waals surface area contributed by atoms with Crippen molar-refractivity contribution in [3.63, 3.8) is 0 Å². The van der Waals surface area contributed by atoms with Crippen molar-refractivity contribution < 1.29 is 31.5 Å². The number of halogens is 3. The number of rotatable bonds is 5. The number of sulfonamides is 1. The van der Waals surface area contributed by atoms with Crippen LogP contribution in [0.4, 0.5) is 13.2 Å². The largest absolute Gasteiger partial charge is 0.478 e. The van der Waals surface area contributed by atoms with Crippen LogP contribution < -0.4 is 4.72 Å². The molecule has 0 saturated carbocycles. The van der Waals surface area contributed by atoms with Gasteiger partial charge in [0.15, 0.2) is 0 Å². The lowest BCUT2D eigenvalue weighted by Gasteiger charge is -2.11. The summed E-state index contributed by atoms with van der Waals surface area (Å²) in [6.07, 6.45) is -5.77. The highest BCUT2D eigenvalue weighted by molar-refractivity contribution is 7.89. The zero-order valence-electron chi connectivity index (χ0n) is 10.4. The molecule has 20 heavy (non-hydrogen) atoms. The second-order valence-corrected chi connectivity index (χ2v) is 5.78. The van der Waals surface area contributed by atoms with Gasteiger partial charge in [-0.2, -0.15) is 13.2 Å². The van der Waals surface area contributed by atoms with E-state index in [1.807, 2.05) is 0 Å². The van der Waals surface area contributed by atoms with E-state index in [-0.39, 0.29) is 16.0 Å². The monoisotopic (exact) mass is 311 g/mol. The lowest BCUT2D eigenvalue weighted by Crippen LogP contribution is -2.28. The van der Waals surface area contributed by atoms with E-state index >= 15 is 0 Å². The molecule has 0 unspecified atom stereocenters.